The number of aliphatic hydroxyl groups is 2. The maximum atomic E-state index is 7.74. The van der Waals surface area contributed by atoms with Crippen molar-refractivity contribution in [3.63, 3.8) is 0 Å². The summed E-state index contributed by atoms with van der Waals surface area (Å²) >= 11 is 0. The third-order valence-corrected chi connectivity index (χ3v) is 0.232. The van der Waals surface area contributed by atoms with E-state index in [-0.39, 0.29) is 37.6 Å². The molecule has 0 aromatic carbocycles. The summed E-state index contributed by atoms with van der Waals surface area (Å²) < 4.78 is 0. The maximum absolute atomic E-state index is 7.74. The molecule has 2 N–H and O–H groups in total. The van der Waals surface area contributed by atoms with E-state index in [1.54, 1.807) is 0 Å². The van der Waals surface area contributed by atoms with Gasteiger partial charge < -0.3 is 11.6 Å². The smallest absolute Gasteiger partial charge is 1.00 e. The number of hydrogen-bond acceptors (Lipinski definition) is 4. The van der Waals surface area contributed by atoms with Crippen LogP contribution in [0.5, 0.6) is 0 Å². The Hall–Kier alpha value is 0.970. The fraction of sp³-hybridized carbons (Fsp3) is 1.00. The molecule has 1 aliphatic heterocycles. The Bertz CT molecular complexity index is 54.0. The zero-order valence-corrected chi connectivity index (χ0v) is 3.21. The van der Waals surface area contributed by atoms with Crippen LogP contribution in [-0.2, 0) is 9.78 Å². The molecular weight excluding hydrogens is 110 g/mol. The third kappa shape index (κ3) is 4.83. The van der Waals surface area contributed by atoms with Crippen LogP contribution in [0.2, 0.25) is 0 Å². The van der Waals surface area contributed by atoms with Crippen molar-refractivity contribution in [2.24, 2.45) is 0 Å². The van der Waals surface area contributed by atoms with Crippen LogP contribution in [0.1, 0.15) is 1.43 Å². The second-order valence-electron chi connectivity index (χ2n) is 0.715. The molecule has 0 bridgehead atoms. The quantitative estimate of drug-likeness (QED) is 0.143. The van der Waals surface area contributed by atoms with Gasteiger partial charge in [0.2, 0.25) is 0 Å². The van der Waals surface area contributed by atoms with Crippen LogP contribution in [0, 0.1) is 0 Å². The molecule has 4 nitrogen and oxygen atoms in total. The van der Waals surface area contributed by atoms with Gasteiger partial charge in [-0.15, -0.1) is 9.78 Å². The summed E-state index contributed by atoms with van der Waals surface area (Å²) in [7, 11) is 0. The minimum Gasteiger partial charge on any atom is -1.00 e. The summed E-state index contributed by atoms with van der Waals surface area (Å²) in [4.78, 5) is 7.01. The Labute approximate surface area is 64.1 Å². The molecule has 1 aliphatic rings. The molecule has 0 unspecified atom stereocenters. The molecular formula is CH6AlLiO4. The van der Waals surface area contributed by atoms with Gasteiger partial charge in [-0.3, -0.25) is 0 Å². The van der Waals surface area contributed by atoms with Gasteiger partial charge in [0.15, 0.2) is 17.4 Å². The van der Waals surface area contributed by atoms with Crippen molar-refractivity contribution in [1.82, 2.24) is 0 Å². The molecule has 0 spiro atoms. The fourth-order valence-electron chi connectivity index (χ4n) is 0.0373. The van der Waals surface area contributed by atoms with E-state index in [0.717, 1.165) is 0 Å². The zero-order chi connectivity index (χ0) is 3.91. The second kappa shape index (κ2) is 3.09. The number of rotatable bonds is 0. The van der Waals surface area contributed by atoms with Gasteiger partial charge in [-0.05, 0) is 0 Å². The first kappa shape index (κ1) is 10.9. The van der Waals surface area contributed by atoms with E-state index in [1.165, 1.54) is 0 Å². The molecule has 0 amide bonds. The molecule has 7 heavy (non-hydrogen) atoms. The average molecular weight is 116 g/mol. The Morgan fingerprint density at radius 3 is 1.43 bits per heavy atom. The van der Waals surface area contributed by atoms with Crippen LogP contribution in [0.15, 0.2) is 0 Å². The van der Waals surface area contributed by atoms with Gasteiger partial charge in [0.05, 0.1) is 0 Å². The first-order valence-corrected chi connectivity index (χ1v) is 1.02. The van der Waals surface area contributed by atoms with Gasteiger partial charge >= 0.3 is 25.0 Å². The van der Waals surface area contributed by atoms with Crippen LogP contribution in [0.4, 0.5) is 0 Å². The first-order valence-electron chi connectivity index (χ1n) is 1.02. The van der Waals surface area contributed by atoms with Crippen molar-refractivity contribution in [1.29, 1.82) is 0 Å². The summed E-state index contributed by atoms with van der Waals surface area (Å²) in [5.74, 6) is 0. The van der Waals surface area contributed by atoms with E-state index in [4.69, 9.17) is 10.2 Å². The molecule has 38 valence electrons. The third-order valence-electron chi connectivity index (χ3n) is 0.232. The summed E-state index contributed by atoms with van der Waals surface area (Å²) in [5.41, 5.74) is 0. The predicted octanol–water partition coefficient (Wildman–Crippen LogP) is -5.52. The van der Waals surface area contributed by atoms with Gasteiger partial charge in [0.1, 0.15) is 0 Å². The van der Waals surface area contributed by atoms with E-state index in [0.29, 0.717) is 0 Å². The first-order chi connectivity index (χ1) is 2.21. The second-order valence-corrected chi connectivity index (χ2v) is 0.715. The normalized spacial score (nSPS) is 21.4. The van der Waals surface area contributed by atoms with Crippen molar-refractivity contribution < 1.29 is 40.3 Å². The van der Waals surface area contributed by atoms with Crippen molar-refractivity contribution in [2.45, 2.75) is 6.16 Å². The van der Waals surface area contributed by atoms with Crippen LogP contribution in [-0.4, -0.2) is 33.7 Å². The van der Waals surface area contributed by atoms with Crippen LogP contribution in [0.25, 0.3) is 0 Å². The minimum absolute atomic E-state index is 0. The van der Waals surface area contributed by atoms with Crippen molar-refractivity contribution in [3.05, 3.63) is 0 Å². The molecule has 6 heteroatoms. The van der Waals surface area contributed by atoms with E-state index < -0.39 is 6.16 Å². The molecule has 0 radical (unpaired) electrons. The Balaban J connectivity index is -0.0000000833. The topological polar surface area (TPSA) is 65.5 Å². The standard InChI is InChI=1S/CH2O4.Al.Li.4H/c2-1(3)4-5-1;;;;;;/h2-3H;;;;;;/q;;+1;;;;-1. The molecule has 1 heterocycles. The molecule has 0 saturated carbocycles. The summed E-state index contributed by atoms with van der Waals surface area (Å²) in [6, 6.07) is 0. The van der Waals surface area contributed by atoms with Gasteiger partial charge in [-0.1, -0.05) is 0 Å². The van der Waals surface area contributed by atoms with Crippen LogP contribution >= 0.6 is 0 Å². The Kier molecular flexibility index (Phi) is 4.79. The van der Waals surface area contributed by atoms with E-state index in [9.17, 15) is 0 Å². The molecule has 0 aromatic heterocycles. The van der Waals surface area contributed by atoms with Crippen molar-refractivity contribution in [3.8, 4) is 0 Å². The minimum atomic E-state index is -2.25. The molecule has 0 aromatic rings. The average Bonchev–Trinajstić information content (AvgIpc) is 1.76. The van der Waals surface area contributed by atoms with Gasteiger partial charge in [0.25, 0.3) is 0 Å². The van der Waals surface area contributed by atoms with Crippen molar-refractivity contribution in [2.75, 3.05) is 0 Å². The summed E-state index contributed by atoms with van der Waals surface area (Å²) in [6.45, 7) is 0. The molecule has 1 saturated heterocycles. The van der Waals surface area contributed by atoms with Crippen molar-refractivity contribution >= 4 is 17.4 Å². The van der Waals surface area contributed by atoms with E-state index in [2.05, 4.69) is 9.78 Å². The zero-order valence-electron chi connectivity index (χ0n) is 4.21. The van der Waals surface area contributed by atoms with Crippen LogP contribution < -0.4 is 18.9 Å². The maximum Gasteiger partial charge on any atom is 1.00 e. The van der Waals surface area contributed by atoms with Gasteiger partial charge in [0, 0.05) is 0 Å². The Morgan fingerprint density at radius 1 is 1.29 bits per heavy atom. The SMILES string of the molecule is OC1(O)OO1.[AlH3].[H-].[Li+]. The van der Waals surface area contributed by atoms with Gasteiger partial charge in [-0.2, -0.15) is 0 Å². The predicted molar refractivity (Wildman–Crippen MR) is 20.4 cm³/mol. The summed E-state index contributed by atoms with van der Waals surface area (Å²) in [6.07, 6.45) is -2.25. The van der Waals surface area contributed by atoms with E-state index >= 15 is 0 Å². The summed E-state index contributed by atoms with van der Waals surface area (Å²) in [5, 5.41) is 15.5. The van der Waals surface area contributed by atoms with E-state index in [1.807, 2.05) is 0 Å². The van der Waals surface area contributed by atoms with Crippen LogP contribution in [0.3, 0.4) is 0 Å². The molecule has 0 atom stereocenters. The number of hydrogen-bond donors (Lipinski definition) is 2. The largest absolute Gasteiger partial charge is 1.00 e. The Morgan fingerprint density at radius 2 is 1.43 bits per heavy atom. The van der Waals surface area contributed by atoms with Gasteiger partial charge in [-0.25, -0.2) is 0 Å². The molecule has 1 fully saturated rings. The molecule has 0 aliphatic carbocycles. The molecule has 1 rings (SSSR count). The fourth-order valence-corrected chi connectivity index (χ4v) is 0.0373. The monoisotopic (exact) mass is 116 g/mol.